The Hall–Kier alpha value is -4.16. The van der Waals surface area contributed by atoms with E-state index >= 15 is 0 Å². The van der Waals surface area contributed by atoms with Crippen LogP contribution in [0.5, 0.6) is 5.75 Å². The summed E-state index contributed by atoms with van der Waals surface area (Å²) in [6.07, 6.45) is 3.32. The van der Waals surface area contributed by atoms with Crippen molar-refractivity contribution in [2.45, 2.75) is 31.9 Å². The van der Waals surface area contributed by atoms with Crippen molar-refractivity contribution in [3.05, 3.63) is 60.3 Å². The average molecular weight is 460 g/mol. The third kappa shape index (κ3) is 5.79. The van der Waals surface area contributed by atoms with Crippen molar-refractivity contribution in [3.63, 3.8) is 0 Å². The number of rotatable bonds is 8. The molecule has 1 saturated heterocycles. The van der Waals surface area contributed by atoms with Crippen molar-refractivity contribution in [3.8, 4) is 23.1 Å². The van der Waals surface area contributed by atoms with Crippen molar-refractivity contribution >= 4 is 23.3 Å². The largest absolute Gasteiger partial charge is 0.489 e. The zero-order valence-electron chi connectivity index (χ0n) is 18.7. The van der Waals surface area contributed by atoms with E-state index in [2.05, 4.69) is 26.7 Å². The lowest BCUT2D eigenvalue weighted by molar-refractivity contribution is -0.137. The molecule has 1 aromatic heterocycles. The maximum absolute atomic E-state index is 11.0. The van der Waals surface area contributed by atoms with Crippen LogP contribution in [0.1, 0.15) is 25.3 Å². The summed E-state index contributed by atoms with van der Waals surface area (Å²) >= 11 is 0. The molecule has 174 valence electrons. The SMILES string of the molecule is C[C@H](Nc1ccc(Nc2nccc(-c3ccc(OC4CCOCC4)c(C#N)c3)n2)cc1)C(=O)O. The van der Waals surface area contributed by atoms with Gasteiger partial charge < -0.3 is 25.2 Å². The molecule has 3 aromatic rings. The number of carbonyl (C=O) groups is 1. The fourth-order valence-corrected chi connectivity index (χ4v) is 3.52. The molecule has 1 aliphatic heterocycles. The van der Waals surface area contributed by atoms with Crippen molar-refractivity contribution in [1.29, 1.82) is 5.26 Å². The highest BCUT2D eigenvalue weighted by Gasteiger charge is 2.17. The lowest BCUT2D eigenvalue weighted by Gasteiger charge is -2.23. The molecule has 34 heavy (non-hydrogen) atoms. The number of aromatic nitrogens is 2. The fraction of sp³-hybridized carbons (Fsp3) is 0.280. The van der Waals surface area contributed by atoms with E-state index in [1.165, 1.54) is 0 Å². The number of aliphatic carboxylic acids is 1. The first kappa shape index (κ1) is 23.0. The van der Waals surface area contributed by atoms with Crippen LogP contribution >= 0.6 is 0 Å². The third-order valence-electron chi connectivity index (χ3n) is 5.41. The van der Waals surface area contributed by atoms with Crippen LogP contribution in [0.25, 0.3) is 11.3 Å². The van der Waals surface area contributed by atoms with Gasteiger partial charge in [-0.1, -0.05) is 0 Å². The molecule has 3 N–H and O–H groups in total. The van der Waals surface area contributed by atoms with Crippen molar-refractivity contribution in [2.75, 3.05) is 23.8 Å². The number of anilines is 3. The highest BCUT2D eigenvalue weighted by atomic mass is 16.5. The minimum atomic E-state index is -0.921. The molecule has 9 heteroatoms. The molecule has 2 aromatic carbocycles. The van der Waals surface area contributed by atoms with Crippen molar-refractivity contribution < 1.29 is 19.4 Å². The predicted molar refractivity (Wildman–Crippen MR) is 127 cm³/mol. The topological polar surface area (TPSA) is 129 Å². The zero-order chi connectivity index (χ0) is 23.9. The molecule has 0 amide bonds. The van der Waals surface area contributed by atoms with E-state index in [0.29, 0.717) is 41.9 Å². The Balaban J connectivity index is 1.46. The van der Waals surface area contributed by atoms with E-state index in [1.54, 1.807) is 37.4 Å². The summed E-state index contributed by atoms with van der Waals surface area (Å²) in [6, 6.07) is 15.9. The van der Waals surface area contributed by atoms with Crippen LogP contribution in [0.4, 0.5) is 17.3 Å². The number of ether oxygens (including phenoxy) is 2. The first-order chi connectivity index (χ1) is 16.5. The Labute approximate surface area is 197 Å². The van der Waals surface area contributed by atoms with Gasteiger partial charge in [-0.25, -0.2) is 9.97 Å². The van der Waals surface area contributed by atoms with E-state index in [-0.39, 0.29) is 6.10 Å². The quantitative estimate of drug-likeness (QED) is 0.454. The summed E-state index contributed by atoms with van der Waals surface area (Å²) in [4.78, 5) is 19.8. The standard InChI is InChI=1S/C25H25N5O4/c1-16(24(31)32)28-19-3-5-20(6-4-19)29-25-27-11-8-22(30-25)17-2-7-23(18(14-17)15-26)34-21-9-12-33-13-10-21/h2-8,11,14,16,21,28H,9-10,12-13H2,1H3,(H,31,32)(H,27,29,30)/t16-/m0/s1. The normalized spacial score (nSPS) is 14.6. The Bertz CT molecular complexity index is 1190. The van der Waals surface area contributed by atoms with Crippen LogP contribution < -0.4 is 15.4 Å². The Kier molecular flexibility index (Phi) is 7.20. The summed E-state index contributed by atoms with van der Waals surface area (Å²) in [5, 5.41) is 24.7. The van der Waals surface area contributed by atoms with E-state index in [0.717, 1.165) is 24.1 Å². The number of hydrogen-bond donors (Lipinski definition) is 3. The van der Waals surface area contributed by atoms with Crippen LogP contribution in [0.3, 0.4) is 0 Å². The Morgan fingerprint density at radius 2 is 1.91 bits per heavy atom. The maximum Gasteiger partial charge on any atom is 0.325 e. The molecular formula is C25H25N5O4. The number of nitrogens with zero attached hydrogens (tertiary/aromatic N) is 3. The van der Waals surface area contributed by atoms with E-state index in [1.807, 2.05) is 24.3 Å². The summed E-state index contributed by atoms with van der Waals surface area (Å²) in [5.41, 5.74) is 3.35. The number of hydrogen-bond acceptors (Lipinski definition) is 8. The number of carboxylic acids is 1. The maximum atomic E-state index is 11.0. The fourth-order valence-electron chi connectivity index (χ4n) is 3.52. The van der Waals surface area contributed by atoms with Gasteiger partial charge in [0.2, 0.25) is 5.95 Å². The molecule has 0 unspecified atom stereocenters. The van der Waals surface area contributed by atoms with Gasteiger partial charge in [-0.2, -0.15) is 5.26 Å². The summed E-state index contributed by atoms with van der Waals surface area (Å²) in [6.45, 7) is 2.92. The second-order valence-corrected chi connectivity index (χ2v) is 7.92. The number of carboxylic acid groups (broad SMARTS) is 1. The third-order valence-corrected chi connectivity index (χ3v) is 5.41. The van der Waals surface area contributed by atoms with Crippen LogP contribution in [0.2, 0.25) is 0 Å². The molecule has 4 rings (SSSR count). The van der Waals surface area contributed by atoms with Gasteiger partial charge >= 0.3 is 5.97 Å². The molecule has 1 fully saturated rings. The van der Waals surface area contributed by atoms with Gasteiger partial charge in [-0.3, -0.25) is 4.79 Å². The van der Waals surface area contributed by atoms with Gasteiger partial charge in [0.15, 0.2) is 0 Å². The number of nitrogens with one attached hydrogen (secondary N) is 2. The molecule has 0 spiro atoms. The lowest BCUT2D eigenvalue weighted by Crippen LogP contribution is -2.26. The molecule has 0 bridgehead atoms. The van der Waals surface area contributed by atoms with E-state index in [9.17, 15) is 10.1 Å². The smallest absolute Gasteiger partial charge is 0.325 e. The highest BCUT2D eigenvalue weighted by molar-refractivity contribution is 5.77. The van der Waals surface area contributed by atoms with Crippen molar-refractivity contribution in [2.24, 2.45) is 0 Å². The number of benzene rings is 2. The monoisotopic (exact) mass is 459 g/mol. The second-order valence-electron chi connectivity index (χ2n) is 7.92. The van der Waals surface area contributed by atoms with Gasteiger partial charge in [0.1, 0.15) is 24.0 Å². The van der Waals surface area contributed by atoms with Gasteiger partial charge in [0, 0.05) is 36.0 Å². The van der Waals surface area contributed by atoms with E-state index in [4.69, 9.17) is 14.6 Å². The van der Waals surface area contributed by atoms with Crippen LogP contribution in [0, 0.1) is 11.3 Å². The van der Waals surface area contributed by atoms with Gasteiger partial charge in [-0.15, -0.1) is 0 Å². The van der Waals surface area contributed by atoms with Crippen LogP contribution in [-0.4, -0.2) is 46.4 Å². The Morgan fingerprint density at radius 1 is 1.18 bits per heavy atom. The van der Waals surface area contributed by atoms with Crippen LogP contribution in [-0.2, 0) is 9.53 Å². The summed E-state index contributed by atoms with van der Waals surface area (Å²) < 4.78 is 11.4. The molecule has 0 saturated carbocycles. The molecule has 1 aliphatic rings. The lowest BCUT2D eigenvalue weighted by atomic mass is 10.1. The number of nitriles is 1. The van der Waals surface area contributed by atoms with E-state index < -0.39 is 12.0 Å². The molecule has 2 heterocycles. The molecule has 0 radical (unpaired) electrons. The minimum absolute atomic E-state index is 0.0514. The predicted octanol–water partition coefficient (Wildman–Crippen LogP) is 4.20. The van der Waals surface area contributed by atoms with Crippen LogP contribution in [0.15, 0.2) is 54.7 Å². The molecule has 0 aliphatic carbocycles. The van der Waals surface area contributed by atoms with Gasteiger partial charge in [0.05, 0.1) is 24.5 Å². The first-order valence-electron chi connectivity index (χ1n) is 11.0. The van der Waals surface area contributed by atoms with Gasteiger partial charge in [0.25, 0.3) is 0 Å². The minimum Gasteiger partial charge on any atom is -0.489 e. The van der Waals surface area contributed by atoms with Gasteiger partial charge in [-0.05, 0) is 55.5 Å². The zero-order valence-corrected chi connectivity index (χ0v) is 18.7. The second kappa shape index (κ2) is 10.6. The van der Waals surface area contributed by atoms with Crippen molar-refractivity contribution in [1.82, 2.24) is 9.97 Å². The molecule has 9 nitrogen and oxygen atoms in total. The first-order valence-corrected chi connectivity index (χ1v) is 11.0. The average Bonchev–Trinajstić information content (AvgIpc) is 2.86. The molecule has 1 atom stereocenters. The molecular weight excluding hydrogens is 434 g/mol. The summed E-state index contributed by atoms with van der Waals surface area (Å²) in [5.74, 6) is 0.0461. The highest BCUT2D eigenvalue weighted by Crippen LogP contribution is 2.28. The Morgan fingerprint density at radius 3 is 2.62 bits per heavy atom. The summed E-state index contributed by atoms with van der Waals surface area (Å²) in [7, 11) is 0.